The molecule has 1 heteroatoms. The fourth-order valence-corrected chi connectivity index (χ4v) is 8.28. The van der Waals surface area contributed by atoms with E-state index in [-0.39, 0.29) is 0 Å². The lowest BCUT2D eigenvalue weighted by molar-refractivity contribution is 0.918. The van der Waals surface area contributed by atoms with Gasteiger partial charge >= 0.3 is 0 Å². The molecule has 4 aliphatic rings. The van der Waals surface area contributed by atoms with Gasteiger partial charge in [0.05, 0.1) is 10.5 Å². The Morgan fingerprint density at radius 3 is 1.30 bits per heavy atom. The van der Waals surface area contributed by atoms with Gasteiger partial charge in [0.1, 0.15) is 0 Å². The summed E-state index contributed by atoms with van der Waals surface area (Å²) in [6.45, 7) is 0. The zero-order valence-corrected chi connectivity index (χ0v) is 21.8. The minimum absolute atomic E-state index is 0.449. The van der Waals surface area contributed by atoms with E-state index in [4.69, 9.17) is 0 Å². The van der Waals surface area contributed by atoms with Crippen LogP contribution < -0.4 is 0 Å². The average molecular weight is 495 g/mol. The van der Waals surface area contributed by atoms with Gasteiger partial charge in [0, 0.05) is 0 Å². The SMILES string of the molecule is C1=C(C2CC2)C(SC2C(C3CC3)=Cc3c(-c4ccccc4)cccc32)c2cccc(-c3ccccc3)c21. The number of rotatable bonds is 6. The second-order valence-electron chi connectivity index (χ2n) is 11.1. The molecule has 4 aliphatic carbocycles. The van der Waals surface area contributed by atoms with Crippen LogP contribution in [0.15, 0.2) is 108 Å². The van der Waals surface area contributed by atoms with E-state index in [2.05, 4.69) is 121 Å². The standard InChI is InChI=1S/C36H30S/c1-3-9-23(10-4-1)27-13-7-15-29-33(27)21-31(25-17-18-25)35(29)37-36-30-16-8-14-28(24-11-5-2-6-12-24)34(30)22-32(36)26-19-20-26/h1-16,21-22,25-26,35-36H,17-20H2. The highest BCUT2D eigenvalue weighted by Crippen LogP contribution is 2.63. The topological polar surface area (TPSA) is 0 Å². The second-order valence-corrected chi connectivity index (χ2v) is 12.3. The quantitative estimate of drug-likeness (QED) is 0.257. The smallest absolute Gasteiger partial charge is 0.0528 e. The van der Waals surface area contributed by atoms with E-state index >= 15 is 0 Å². The van der Waals surface area contributed by atoms with Crippen molar-refractivity contribution >= 4 is 23.9 Å². The van der Waals surface area contributed by atoms with E-state index in [1.165, 1.54) is 70.2 Å². The summed E-state index contributed by atoms with van der Waals surface area (Å²) >= 11 is 2.22. The van der Waals surface area contributed by atoms with Crippen molar-refractivity contribution in [2.75, 3.05) is 0 Å². The van der Waals surface area contributed by atoms with Gasteiger partial charge in [-0.3, -0.25) is 0 Å². The highest BCUT2D eigenvalue weighted by molar-refractivity contribution is 8.00. The summed E-state index contributed by atoms with van der Waals surface area (Å²) in [7, 11) is 0. The maximum atomic E-state index is 2.57. The number of hydrogen-bond acceptors (Lipinski definition) is 1. The third-order valence-corrected chi connectivity index (χ3v) is 10.2. The molecule has 0 spiro atoms. The molecule has 180 valence electrons. The van der Waals surface area contributed by atoms with Crippen LogP contribution in [0.1, 0.15) is 58.4 Å². The third-order valence-electron chi connectivity index (χ3n) is 8.61. The molecule has 8 rings (SSSR count). The molecule has 2 saturated carbocycles. The van der Waals surface area contributed by atoms with Gasteiger partial charge in [0.2, 0.25) is 0 Å². The van der Waals surface area contributed by atoms with E-state index in [9.17, 15) is 0 Å². The molecule has 2 atom stereocenters. The van der Waals surface area contributed by atoms with Gasteiger partial charge in [-0.2, -0.15) is 0 Å². The van der Waals surface area contributed by atoms with E-state index in [0.717, 1.165) is 11.8 Å². The van der Waals surface area contributed by atoms with Crippen molar-refractivity contribution in [3.8, 4) is 22.3 Å². The summed E-state index contributed by atoms with van der Waals surface area (Å²) in [6, 6.07) is 35.9. The maximum absolute atomic E-state index is 2.57. The Labute approximate surface area is 224 Å². The molecule has 0 N–H and O–H groups in total. The fraction of sp³-hybridized carbons (Fsp3) is 0.222. The molecule has 0 radical (unpaired) electrons. The lowest BCUT2D eigenvalue weighted by atomic mass is 9.97. The van der Waals surface area contributed by atoms with Gasteiger partial charge in [0.25, 0.3) is 0 Å². The van der Waals surface area contributed by atoms with E-state index in [0.29, 0.717) is 10.5 Å². The van der Waals surface area contributed by atoms with Gasteiger partial charge in [0.15, 0.2) is 0 Å². The minimum Gasteiger partial charge on any atom is -0.136 e. The Kier molecular flexibility index (Phi) is 5.08. The largest absolute Gasteiger partial charge is 0.136 e. The molecule has 0 nitrogen and oxygen atoms in total. The Balaban J connectivity index is 1.22. The molecule has 0 bridgehead atoms. The van der Waals surface area contributed by atoms with E-state index in [1.54, 1.807) is 11.1 Å². The van der Waals surface area contributed by atoms with Gasteiger partial charge in [-0.1, -0.05) is 109 Å². The van der Waals surface area contributed by atoms with Gasteiger partial charge in [-0.25, -0.2) is 0 Å². The Morgan fingerprint density at radius 2 is 0.892 bits per heavy atom. The van der Waals surface area contributed by atoms with Crippen LogP contribution in [0.5, 0.6) is 0 Å². The predicted molar refractivity (Wildman–Crippen MR) is 158 cm³/mol. The number of thioether (sulfide) groups is 1. The Hall–Kier alpha value is -3.29. The maximum Gasteiger partial charge on any atom is 0.0528 e. The molecule has 2 fully saturated rings. The molecule has 0 aromatic heterocycles. The van der Waals surface area contributed by atoms with Crippen molar-refractivity contribution in [3.63, 3.8) is 0 Å². The van der Waals surface area contributed by atoms with Crippen molar-refractivity contribution in [2.45, 2.75) is 36.2 Å². The monoisotopic (exact) mass is 494 g/mol. The molecule has 4 aromatic rings. The Bertz CT molecular complexity index is 1430. The lowest BCUT2D eigenvalue weighted by Crippen LogP contribution is -2.04. The molecular formula is C36H30S. The van der Waals surface area contributed by atoms with Crippen LogP contribution in [0.3, 0.4) is 0 Å². The van der Waals surface area contributed by atoms with Crippen LogP contribution in [-0.4, -0.2) is 0 Å². The molecule has 0 heterocycles. The highest BCUT2D eigenvalue weighted by Gasteiger charge is 2.42. The van der Waals surface area contributed by atoms with Crippen LogP contribution in [0.2, 0.25) is 0 Å². The summed E-state index contributed by atoms with van der Waals surface area (Å²) in [5.41, 5.74) is 14.7. The van der Waals surface area contributed by atoms with Crippen LogP contribution in [0.4, 0.5) is 0 Å². The number of fused-ring (bicyclic) bond motifs is 2. The summed E-state index contributed by atoms with van der Waals surface area (Å²) in [5.74, 6) is 1.52. The summed E-state index contributed by atoms with van der Waals surface area (Å²) in [5, 5.41) is 0.897. The van der Waals surface area contributed by atoms with Crippen molar-refractivity contribution in [1.29, 1.82) is 0 Å². The van der Waals surface area contributed by atoms with Gasteiger partial charge in [-0.15, -0.1) is 11.8 Å². The Morgan fingerprint density at radius 1 is 0.459 bits per heavy atom. The first-order valence-corrected chi connectivity index (χ1v) is 14.7. The lowest BCUT2D eigenvalue weighted by Gasteiger charge is -2.24. The fourth-order valence-electron chi connectivity index (χ4n) is 6.47. The molecule has 0 aliphatic heterocycles. The summed E-state index contributed by atoms with van der Waals surface area (Å²) in [4.78, 5) is 0. The predicted octanol–water partition coefficient (Wildman–Crippen LogP) is 10.2. The molecular weight excluding hydrogens is 464 g/mol. The van der Waals surface area contributed by atoms with Crippen LogP contribution in [0, 0.1) is 11.8 Å². The normalized spacial score (nSPS) is 21.8. The summed E-state index contributed by atoms with van der Waals surface area (Å²) in [6.07, 6.45) is 10.5. The zero-order valence-electron chi connectivity index (χ0n) is 20.9. The number of hydrogen-bond donors (Lipinski definition) is 0. The molecule has 37 heavy (non-hydrogen) atoms. The zero-order chi connectivity index (χ0) is 24.3. The molecule has 0 saturated heterocycles. The van der Waals surface area contributed by atoms with Crippen LogP contribution in [-0.2, 0) is 0 Å². The molecule has 2 unspecified atom stereocenters. The van der Waals surface area contributed by atoms with Crippen LogP contribution >= 0.6 is 11.8 Å². The first-order chi connectivity index (χ1) is 18.3. The van der Waals surface area contributed by atoms with Crippen LogP contribution in [0.25, 0.3) is 34.4 Å². The third kappa shape index (κ3) is 3.75. The van der Waals surface area contributed by atoms with Gasteiger partial charge < -0.3 is 0 Å². The highest BCUT2D eigenvalue weighted by atomic mass is 32.2. The van der Waals surface area contributed by atoms with E-state index < -0.39 is 0 Å². The van der Waals surface area contributed by atoms with Crippen molar-refractivity contribution in [2.24, 2.45) is 11.8 Å². The first-order valence-electron chi connectivity index (χ1n) is 13.8. The minimum atomic E-state index is 0.449. The second kappa shape index (κ2) is 8.64. The summed E-state index contributed by atoms with van der Waals surface area (Å²) < 4.78 is 0. The number of benzene rings is 4. The van der Waals surface area contributed by atoms with Crippen molar-refractivity contribution in [3.05, 3.63) is 130 Å². The van der Waals surface area contributed by atoms with Gasteiger partial charge in [-0.05, 0) is 93.2 Å². The first kappa shape index (κ1) is 21.8. The average Bonchev–Trinajstić information content (AvgIpc) is 3.90. The van der Waals surface area contributed by atoms with Crippen molar-refractivity contribution < 1.29 is 0 Å². The molecule has 0 amide bonds. The van der Waals surface area contributed by atoms with E-state index in [1.807, 2.05) is 0 Å². The van der Waals surface area contributed by atoms with Crippen molar-refractivity contribution in [1.82, 2.24) is 0 Å². The molecule has 4 aromatic carbocycles.